The van der Waals surface area contributed by atoms with Gasteiger partial charge < -0.3 is 5.32 Å². The van der Waals surface area contributed by atoms with Crippen LogP contribution in [0.25, 0.3) is 0 Å². The molecule has 2 aromatic rings. The number of hydrogen-bond donors (Lipinski definition) is 2. The number of rotatable bonds is 4. The molecule has 0 unspecified atom stereocenters. The van der Waals surface area contributed by atoms with Gasteiger partial charge in [-0.05, 0) is 79.7 Å². The average molecular weight is 397 g/mol. The molecule has 5 rings (SSSR count). The fourth-order valence-electron chi connectivity index (χ4n) is 5.13. The van der Waals surface area contributed by atoms with E-state index in [1.165, 1.54) is 79.1 Å². The van der Waals surface area contributed by atoms with Gasteiger partial charge in [-0.3, -0.25) is 9.40 Å². The van der Waals surface area contributed by atoms with Crippen LogP contribution < -0.4 is 10.0 Å². The highest BCUT2D eigenvalue weighted by molar-refractivity contribution is 7.97. The molecule has 1 saturated carbocycles. The minimum atomic E-state index is -0.147. The van der Waals surface area contributed by atoms with Crippen molar-refractivity contribution in [2.75, 3.05) is 5.32 Å². The number of carbonyl (C=O) groups is 1. The molecule has 1 aromatic heterocycles. The third-order valence-electron chi connectivity index (χ3n) is 6.49. The van der Waals surface area contributed by atoms with Gasteiger partial charge in [-0.25, -0.2) is 4.79 Å². The smallest absolute Gasteiger partial charge is 0.307 e. The number of anilines is 1. The van der Waals surface area contributed by atoms with Gasteiger partial charge in [0.05, 0.1) is 6.04 Å². The Hall–Kier alpha value is -1.95. The van der Waals surface area contributed by atoms with Crippen molar-refractivity contribution in [3.8, 4) is 0 Å². The molecule has 1 fully saturated rings. The van der Waals surface area contributed by atoms with Crippen LogP contribution in [0.5, 0.6) is 0 Å². The third kappa shape index (κ3) is 3.54. The Morgan fingerprint density at radius 3 is 2.43 bits per heavy atom. The molecular formula is C22H28N4OS. The van der Waals surface area contributed by atoms with Gasteiger partial charge in [-0.1, -0.05) is 25.3 Å². The van der Waals surface area contributed by atoms with Crippen LogP contribution in [-0.4, -0.2) is 15.8 Å². The molecule has 2 N–H and O–H groups in total. The summed E-state index contributed by atoms with van der Waals surface area (Å²) in [6, 6.07) is 4.76. The molecule has 0 aliphatic heterocycles. The van der Waals surface area contributed by atoms with E-state index >= 15 is 0 Å². The van der Waals surface area contributed by atoms with Gasteiger partial charge in [0.25, 0.3) is 0 Å². The van der Waals surface area contributed by atoms with E-state index in [1.807, 2.05) is 6.07 Å². The molecule has 0 saturated heterocycles. The van der Waals surface area contributed by atoms with Crippen molar-refractivity contribution >= 4 is 23.7 Å². The molecule has 2 amide bonds. The lowest BCUT2D eigenvalue weighted by molar-refractivity contribution is 0.257. The van der Waals surface area contributed by atoms with Crippen LogP contribution >= 0.6 is 11.9 Å². The number of urea groups is 1. The number of aryl methyl sites for hydroxylation is 2. The largest absolute Gasteiger partial charge is 0.329 e. The quantitative estimate of drug-likeness (QED) is 0.699. The van der Waals surface area contributed by atoms with E-state index < -0.39 is 0 Å². The van der Waals surface area contributed by atoms with Gasteiger partial charge in [0.15, 0.2) is 0 Å². The van der Waals surface area contributed by atoms with Gasteiger partial charge >= 0.3 is 6.03 Å². The Balaban J connectivity index is 1.24. The zero-order chi connectivity index (χ0) is 18.9. The summed E-state index contributed by atoms with van der Waals surface area (Å²) in [6.07, 6.45) is 15.2. The fourth-order valence-corrected chi connectivity index (χ4v) is 5.64. The lowest BCUT2D eigenvalue weighted by Gasteiger charge is -2.21. The summed E-state index contributed by atoms with van der Waals surface area (Å²) in [5, 5.41) is 8.69. The molecule has 0 radical (unpaired) electrons. The second kappa shape index (κ2) is 7.82. The van der Waals surface area contributed by atoms with Crippen LogP contribution in [0.4, 0.5) is 10.5 Å². The van der Waals surface area contributed by atoms with Crippen LogP contribution in [0, 0.1) is 0 Å². The Bertz CT molecular complexity index is 853. The molecule has 1 heterocycles. The first-order valence-electron chi connectivity index (χ1n) is 10.7. The highest BCUT2D eigenvalue weighted by atomic mass is 32.2. The number of aromatic nitrogens is 2. The lowest BCUT2D eigenvalue weighted by Crippen LogP contribution is -2.24. The van der Waals surface area contributed by atoms with Gasteiger partial charge in [0.2, 0.25) is 0 Å². The predicted octanol–water partition coefficient (Wildman–Crippen LogP) is 5.19. The molecule has 0 atom stereocenters. The van der Waals surface area contributed by atoms with Crippen molar-refractivity contribution in [2.24, 2.45) is 0 Å². The molecule has 6 heteroatoms. The SMILES string of the molecule is O=C(NSc1ccn(C2CCCCC2)n1)Nc1c2c(cc3c1CCC3)CCC2. The molecule has 148 valence electrons. The lowest BCUT2D eigenvalue weighted by atomic mass is 9.96. The van der Waals surface area contributed by atoms with Crippen molar-refractivity contribution in [3.05, 3.63) is 40.6 Å². The standard InChI is InChI=1S/C22H28N4OS/c27-22(25-28-20-12-13-26(24-20)17-8-2-1-3-9-17)23-21-18-10-4-6-15(18)14-16-7-5-11-19(16)21/h12-14,17H,1-11H2,(H2,23,25,27). The van der Waals surface area contributed by atoms with Crippen molar-refractivity contribution in [3.63, 3.8) is 0 Å². The second-order valence-corrected chi connectivity index (χ2v) is 9.14. The van der Waals surface area contributed by atoms with Crippen molar-refractivity contribution in [1.82, 2.24) is 14.5 Å². The molecular weight excluding hydrogens is 368 g/mol. The molecule has 5 nitrogen and oxygen atoms in total. The first kappa shape index (κ1) is 18.1. The van der Waals surface area contributed by atoms with E-state index in [2.05, 4.69) is 32.1 Å². The first-order chi connectivity index (χ1) is 13.8. The van der Waals surface area contributed by atoms with Gasteiger partial charge in [-0.15, -0.1) is 0 Å². The van der Waals surface area contributed by atoms with E-state index in [9.17, 15) is 4.79 Å². The molecule has 1 aromatic carbocycles. The normalized spacial score (nSPS) is 18.7. The van der Waals surface area contributed by atoms with E-state index in [4.69, 9.17) is 0 Å². The Morgan fingerprint density at radius 1 is 1.00 bits per heavy atom. The Morgan fingerprint density at radius 2 is 1.71 bits per heavy atom. The predicted molar refractivity (Wildman–Crippen MR) is 113 cm³/mol. The summed E-state index contributed by atoms with van der Waals surface area (Å²) in [4.78, 5) is 12.6. The first-order valence-corrected chi connectivity index (χ1v) is 11.5. The van der Waals surface area contributed by atoms with Gasteiger partial charge in [-0.2, -0.15) is 5.10 Å². The van der Waals surface area contributed by atoms with Crippen molar-refractivity contribution < 1.29 is 4.79 Å². The van der Waals surface area contributed by atoms with E-state index in [0.717, 1.165) is 36.4 Å². The number of nitrogens with zero attached hydrogens (tertiary/aromatic N) is 2. The zero-order valence-corrected chi connectivity index (χ0v) is 17.1. The maximum Gasteiger partial charge on any atom is 0.329 e. The molecule has 0 spiro atoms. The van der Waals surface area contributed by atoms with Crippen LogP contribution in [-0.2, 0) is 25.7 Å². The number of amides is 2. The average Bonchev–Trinajstić information content (AvgIpc) is 3.47. The number of hydrogen-bond acceptors (Lipinski definition) is 3. The van der Waals surface area contributed by atoms with E-state index in [0.29, 0.717) is 6.04 Å². The van der Waals surface area contributed by atoms with E-state index in [1.54, 1.807) is 0 Å². The van der Waals surface area contributed by atoms with Crippen molar-refractivity contribution in [1.29, 1.82) is 0 Å². The van der Waals surface area contributed by atoms with Crippen LogP contribution in [0.3, 0.4) is 0 Å². The van der Waals surface area contributed by atoms with Gasteiger partial charge in [0, 0.05) is 23.8 Å². The van der Waals surface area contributed by atoms with Crippen LogP contribution in [0.2, 0.25) is 0 Å². The molecule has 3 aliphatic carbocycles. The van der Waals surface area contributed by atoms with E-state index in [-0.39, 0.29) is 6.03 Å². The minimum Gasteiger partial charge on any atom is -0.307 e. The maximum atomic E-state index is 12.6. The van der Waals surface area contributed by atoms with Crippen LogP contribution in [0.1, 0.15) is 73.2 Å². The number of nitrogens with one attached hydrogen (secondary N) is 2. The summed E-state index contributed by atoms with van der Waals surface area (Å²) >= 11 is 1.31. The molecule has 0 bridgehead atoms. The molecule has 28 heavy (non-hydrogen) atoms. The third-order valence-corrected chi connectivity index (χ3v) is 7.21. The molecule has 3 aliphatic rings. The summed E-state index contributed by atoms with van der Waals surface area (Å²) in [6.45, 7) is 0. The van der Waals surface area contributed by atoms with Crippen molar-refractivity contribution in [2.45, 2.75) is 81.7 Å². The summed E-state index contributed by atoms with van der Waals surface area (Å²) in [5.74, 6) is 0. The number of benzene rings is 1. The fraction of sp³-hybridized carbons (Fsp3) is 0.545. The Labute approximate surface area is 170 Å². The topological polar surface area (TPSA) is 59.0 Å². The highest BCUT2D eigenvalue weighted by Gasteiger charge is 2.25. The highest BCUT2D eigenvalue weighted by Crippen LogP contribution is 2.38. The van der Waals surface area contributed by atoms with Gasteiger partial charge in [0.1, 0.15) is 5.03 Å². The summed E-state index contributed by atoms with van der Waals surface area (Å²) < 4.78 is 5.02. The summed E-state index contributed by atoms with van der Waals surface area (Å²) in [5.41, 5.74) is 6.70. The van der Waals surface area contributed by atoms with Crippen LogP contribution in [0.15, 0.2) is 23.4 Å². The summed E-state index contributed by atoms with van der Waals surface area (Å²) in [7, 11) is 0. The Kier molecular flexibility index (Phi) is 5.05. The number of fused-ring (bicyclic) bond motifs is 2. The maximum absolute atomic E-state index is 12.6. The number of carbonyl (C=O) groups excluding carboxylic acids is 1. The zero-order valence-electron chi connectivity index (χ0n) is 16.3. The minimum absolute atomic E-state index is 0.147. The monoisotopic (exact) mass is 396 g/mol. The second-order valence-electron chi connectivity index (χ2n) is 8.32.